The molecule has 0 aromatic carbocycles. The van der Waals surface area contributed by atoms with Crippen LogP contribution in [0.15, 0.2) is 0 Å². The number of anilines is 1. The summed E-state index contributed by atoms with van der Waals surface area (Å²) in [6.45, 7) is 4.36. The van der Waals surface area contributed by atoms with Crippen molar-refractivity contribution in [1.82, 2.24) is 9.88 Å². The summed E-state index contributed by atoms with van der Waals surface area (Å²) < 4.78 is 0. The molecule has 1 aliphatic rings. The van der Waals surface area contributed by atoms with Crippen LogP contribution < -0.4 is 5.32 Å². The topological polar surface area (TPSA) is 65.5 Å². The number of nitrogens with zero attached hydrogens (tertiary/aromatic N) is 2. The van der Waals surface area contributed by atoms with Crippen molar-refractivity contribution in [2.45, 2.75) is 51.9 Å². The van der Waals surface area contributed by atoms with Crippen molar-refractivity contribution < 1.29 is 9.90 Å². The normalized spacial score (nSPS) is 14.1. The van der Waals surface area contributed by atoms with Crippen LogP contribution in [0.3, 0.4) is 0 Å². The second kappa shape index (κ2) is 9.22. The van der Waals surface area contributed by atoms with Crippen LogP contribution in [0.25, 0.3) is 0 Å². The highest BCUT2D eigenvalue weighted by Gasteiger charge is 2.17. The first-order valence-electron chi connectivity index (χ1n) is 8.34. The Morgan fingerprint density at radius 3 is 2.82 bits per heavy atom. The van der Waals surface area contributed by atoms with E-state index in [1.165, 1.54) is 23.4 Å². The van der Waals surface area contributed by atoms with Crippen LogP contribution in [0.5, 0.6) is 0 Å². The fourth-order valence-corrected chi connectivity index (χ4v) is 3.78. The molecule has 0 bridgehead atoms. The molecule has 2 N–H and O–H groups in total. The maximum atomic E-state index is 12.2. The molecular formula is C16H27N3O2S. The van der Waals surface area contributed by atoms with Gasteiger partial charge in [0.1, 0.15) is 0 Å². The van der Waals surface area contributed by atoms with Crippen LogP contribution in [0.1, 0.15) is 49.6 Å². The third-order valence-corrected chi connectivity index (χ3v) is 4.99. The smallest absolute Gasteiger partial charge is 0.240 e. The molecule has 6 heteroatoms. The van der Waals surface area contributed by atoms with Crippen molar-refractivity contribution in [3.8, 4) is 0 Å². The molecular weight excluding hydrogens is 298 g/mol. The van der Waals surface area contributed by atoms with Crippen LogP contribution in [0.4, 0.5) is 5.13 Å². The van der Waals surface area contributed by atoms with Crippen LogP contribution >= 0.6 is 11.3 Å². The third-order valence-electron chi connectivity index (χ3n) is 3.92. The number of carbonyl (C=O) groups is 1. The van der Waals surface area contributed by atoms with Gasteiger partial charge in [-0.2, -0.15) is 0 Å². The van der Waals surface area contributed by atoms with Gasteiger partial charge < -0.3 is 10.4 Å². The monoisotopic (exact) mass is 325 g/mol. The second-order valence-corrected chi connectivity index (χ2v) is 6.93. The molecule has 2 rings (SSSR count). The number of hydrogen-bond donors (Lipinski definition) is 2. The van der Waals surface area contributed by atoms with E-state index >= 15 is 0 Å². The van der Waals surface area contributed by atoms with Crippen molar-refractivity contribution in [2.24, 2.45) is 0 Å². The van der Waals surface area contributed by atoms with Crippen molar-refractivity contribution in [3.63, 3.8) is 0 Å². The number of rotatable bonds is 9. The Bertz CT molecular complexity index is 444. The summed E-state index contributed by atoms with van der Waals surface area (Å²) in [7, 11) is 0. The van der Waals surface area contributed by atoms with E-state index in [1.54, 1.807) is 11.3 Å². The minimum Gasteiger partial charge on any atom is -0.396 e. The van der Waals surface area contributed by atoms with Gasteiger partial charge in [-0.1, -0.05) is 13.3 Å². The Kier molecular flexibility index (Phi) is 7.29. The molecule has 1 aromatic heterocycles. The Morgan fingerprint density at radius 2 is 2.09 bits per heavy atom. The van der Waals surface area contributed by atoms with Crippen molar-refractivity contribution in [2.75, 3.05) is 31.6 Å². The largest absolute Gasteiger partial charge is 0.396 e. The van der Waals surface area contributed by atoms with Gasteiger partial charge in [-0.05, 0) is 45.1 Å². The SMILES string of the molecule is CCCCN(CCCO)CC(=O)Nc1nc2c(s1)CCCC2. The van der Waals surface area contributed by atoms with Gasteiger partial charge in [-0.15, -0.1) is 11.3 Å². The molecule has 0 unspecified atom stereocenters. The summed E-state index contributed by atoms with van der Waals surface area (Å²) in [6.07, 6.45) is 7.47. The van der Waals surface area contributed by atoms with E-state index in [4.69, 9.17) is 5.11 Å². The number of fused-ring (bicyclic) bond motifs is 1. The van der Waals surface area contributed by atoms with Crippen LogP contribution in [0, 0.1) is 0 Å². The molecule has 1 aliphatic carbocycles. The third kappa shape index (κ3) is 5.34. The van der Waals surface area contributed by atoms with Gasteiger partial charge in [0.2, 0.25) is 5.91 Å². The predicted octanol–water partition coefficient (Wildman–Crippen LogP) is 2.44. The quantitative estimate of drug-likeness (QED) is 0.732. The lowest BCUT2D eigenvalue weighted by Gasteiger charge is -2.20. The molecule has 1 amide bonds. The molecule has 0 saturated carbocycles. The molecule has 0 fully saturated rings. The van der Waals surface area contributed by atoms with Gasteiger partial charge in [0.05, 0.1) is 12.2 Å². The standard InChI is InChI=1S/C16H27N3O2S/c1-2-3-9-19(10-6-11-20)12-15(21)18-16-17-13-7-4-5-8-14(13)22-16/h20H,2-12H2,1H3,(H,17,18,21). The Balaban J connectivity index is 1.85. The van der Waals surface area contributed by atoms with E-state index in [2.05, 4.69) is 22.1 Å². The number of aryl methyl sites for hydroxylation is 2. The van der Waals surface area contributed by atoms with Gasteiger partial charge >= 0.3 is 0 Å². The first-order chi connectivity index (χ1) is 10.7. The summed E-state index contributed by atoms with van der Waals surface area (Å²) in [6, 6.07) is 0. The Labute approximate surface area is 136 Å². The summed E-state index contributed by atoms with van der Waals surface area (Å²) in [5.41, 5.74) is 1.18. The number of amides is 1. The number of aliphatic hydroxyl groups excluding tert-OH is 1. The number of hydrogen-bond acceptors (Lipinski definition) is 5. The Hall–Kier alpha value is -0.980. The lowest BCUT2D eigenvalue weighted by atomic mass is 10.0. The average molecular weight is 325 g/mol. The number of thiazole rings is 1. The maximum Gasteiger partial charge on any atom is 0.240 e. The van der Waals surface area contributed by atoms with E-state index < -0.39 is 0 Å². The first kappa shape index (κ1) is 17.4. The zero-order chi connectivity index (χ0) is 15.8. The maximum absolute atomic E-state index is 12.2. The minimum absolute atomic E-state index is 0.000129. The molecule has 0 atom stereocenters. The minimum atomic E-state index is 0.000129. The number of carbonyl (C=O) groups excluding carboxylic acids is 1. The summed E-state index contributed by atoms with van der Waals surface area (Å²) in [5, 5.41) is 12.7. The van der Waals surface area contributed by atoms with Gasteiger partial charge in [0.25, 0.3) is 0 Å². The summed E-state index contributed by atoms with van der Waals surface area (Å²) >= 11 is 1.62. The molecule has 1 heterocycles. The van der Waals surface area contributed by atoms with E-state index in [0.29, 0.717) is 13.0 Å². The highest BCUT2D eigenvalue weighted by molar-refractivity contribution is 7.15. The predicted molar refractivity (Wildman–Crippen MR) is 90.4 cm³/mol. The molecule has 5 nitrogen and oxygen atoms in total. The molecule has 0 aliphatic heterocycles. The molecule has 0 radical (unpaired) electrons. The summed E-state index contributed by atoms with van der Waals surface area (Å²) in [5.74, 6) is 0.000129. The van der Waals surface area contributed by atoms with Gasteiger partial charge in [0, 0.05) is 18.0 Å². The van der Waals surface area contributed by atoms with Crippen LogP contribution in [0.2, 0.25) is 0 Å². The zero-order valence-corrected chi connectivity index (χ0v) is 14.3. The Morgan fingerprint density at radius 1 is 1.32 bits per heavy atom. The zero-order valence-electron chi connectivity index (χ0n) is 13.4. The summed E-state index contributed by atoms with van der Waals surface area (Å²) in [4.78, 5) is 20.2. The van der Waals surface area contributed by atoms with E-state index in [1.807, 2.05) is 0 Å². The van der Waals surface area contributed by atoms with Crippen molar-refractivity contribution >= 4 is 22.4 Å². The number of unbranched alkanes of at least 4 members (excludes halogenated alkanes) is 1. The fraction of sp³-hybridized carbons (Fsp3) is 0.750. The van der Waals surface area contributed by atoms with E-state index in [-0.39, 0.29) is 12.5 Å². The lowest BCUT2D eigenvalue weighted by molar-refractivity contribution is -0.117. The van der Waals surface area contributed by atoms with Crippen LogP contribution in [-0.2, 0) is 17.6 Å². The van der Waals surface area contributed by atoms with Crippen molar-refractivity contribution in [3.05, 3.63) is 10.6 Å². The van der Waals surface area contributed by atoms with Crippen LogP contribution in [-0.4, -0.2) is 47.1 Å². The molecule has 124 valence electrons. The van der Waals surface area contributed by atoms with Gasteiger partial charge in [0.15, 0.2) is 5.13 Å². The van der Waals surface area contributed by atoms with Gasteiger partial charge in [-0.25, -0.2) is 4.98 Å². The van der Waals surface area contributed by atoms with E-state index in [0.717, 1.165) is 43.9 Å². The molecule has 0 spiro atoms. The molecule has 22 heavy (non-hydrogen) atoms. The van der Waals surface area contributed by atoms with Crippen molar-refractivity contribution in [1.29, 1.82) is 0 Å². The second-order valence-electron chi connectivity index (χ2n) is 5.85. The molecule has 1 aromatic rings. The average Bonchev–Trinajstić information content (AvgIpc) is 2.91. The molecule has 0 saturated heterocycles. The highest BCUT2D eigenvalue weighted by Crippen LogP contribution is 2.29. The lowest BCUT2D eigenvalue weighted by Crippen LogP contribution is -2.35. The van der Waals surface area contributed by atoms with E-state index in [9.17, 15) is 4.79 Å². The number of aromatic nitrogens is 1. The fourth-order valence-electron chi connectivity index (χ4n) is 2.71. The van der Waals surface area contributed by atoms with Gasteiger partial charge in [-0.3, -0.25) is 9.69 Å². The first-order valence-corrected chi connectivity index (χ1v) is 9.16. The number of nitrogens with one attached hydrogen (secondary N) is 1. The number of aliphatic hydroxyl groups is 1. The highest BCUT2D eigenvalue weighted by atomic mass is 32.1.